The summed E-state index contributed by atoms with van der Waals surface area (Å²) in [6.07, 6.45) is -2.84. The van der Waals surface area contributed by atoms with E-state index in [4.69, 9.17) is 33.2 Å². The summed E-state index contributed by atoms with van der Waals surface area (Å²) in [5.41, 5.74) is -0.293. The second-order valence-corrected chi connectivity index (χ2v) is 16.9. The van der Waals surface area contributed by atoms with Crippen molar-refractivity contribution in [1.82, 2.24) is 0 Å². The van der Waals surface area contributed by atoms with Crippen molar-refractivity contribution in [2.45, 2.75) is 153 Å². The highest BCUT2D eigenvalue weighted by Crippen LogP contribution is 2.70. The van der Waals surface area contributed by atoms with Crippen LogP contribution >= 0.6 is 0 Å². The van der Waals surface area contributed by atoms with Gasteiger partial charge in [-0.3, -0.25) is 9.59 Å². The van der Waals surface area contributed by atoms with E-state index in [1.165, 1.54) is 14.0 Å². The molecule has 0 amide bonds. The zero-order chi connectivity index (χ0) is 37.3. The largest absolute Gasteiger partial charge is 0.459 e. The smallest absolute Gasteiger partial charge is 0.331 e. The van der Waals surface area contributed by atoms with Gasteiger partial charge in [-0.2, -0.15) is 0 Å². The third-order valence-electron chi connectivity index (χ3n) is 14.3. The number of methoxy groups -OCH3 is 1. The minimum absolute atomic E-state index is 0.0116. The number of rotatable bonds is 8. The number of carbonyl (C=O) groups is 3. The number of aliphatic hydroxyl groups excluding tert-OH is 4. The Balaban J connectivity index is 1.05. The van der Waals surface area contributed by atoms with Crippen molar-refractivity contribution in [3.8, 4) is 0 Å². The first-order chi connectivity index (χ1) is 24.7. The normalized spacial score (nSPS) is 50.4. The summed E-state index contributed by atoms with van der Waals surface area (Å²) in [5.74, 6) is -0.263. The van der Waals surface area contributed by atoms with Gasteiger partial charge in [-0.1, -0.05) is 13.8 Å². The van der Waals surface area contributed by atoms with Crippen LogP contribution in [0.3, 0.4) is 0 Å². The summed E-state index contributed by atoms with van der Waals surface area (Å²) >= 11 is 0. The lowest BCUT2D eigenvalue weighted by Gasteiger charge is -2.67. The number of ether oxygens (including phenoxy) is 7. The molecule has 17 atom stereocenters. The molecule has 4 aliphatic carbocycles. The molecule has 0 radical (unpaired) electrons. The summed E-state index contributed by atoms with van der Waals surface area (Å²) < 4.78 is 41.8. The highest BCUT2D eigenvalue weighted by atomic mass is 16.7. The van der Waals surface area contributed by atoms with Crippen LogP contribution in [0, 0.1) is 34.0 Å². The molecule has 292 valence electrons. The van der Waals surface area contributed by atoms with Crippen LogP contribution in [0.5, 0.6) is 0 Å². The van der Waals surface area contributed by atoms with E-state index in [2.05, 4.69) is 13.8 Å². The Morgan fingerprint density at radius 1 is 0.923 bits per heavy atom. The Labute approximate surface area is 304 Å². The number of cyclic esters (lactones) is 1. The van der Waals surface area contributed by atoms with E-state index in [-0.39, 0.29) is 42.2 Å². The lowest BCUT2D eigenvalue weighted by atomic mass is 9.37. The molecule has 3 aliphatic heterocycles. The molecule has 2 saturated heterocycles. The van der Waals surface area contributed by atoms with Gasteiger partial charge in [-0.25, -0.2) is 4.79 Å². The fourth-order valence-corrected chi connectivity index (χ4v) is 11.8. The van der Waals surface area contributed by atoms with Gasteiger partial charge in [0.2, 0.25) is 0 Å². The molecule has 0 aromatic carbocycles. The van der Waals surface area contributed by atoms with Gasteiger partial charge in [0.05, 0.1) is 24.9 Å². The van der Waals surface area contributed by atoms with Gasteiger partial charge in [-0.05, 0) is 81.1 Å². The Kier molecular flexibility index (Phi) is 10.5. The summed E-state index contributed by atoms with van der Waals surface area (Å²) in [6.45, 7) is 7.26. The zero-order valence-electron chi connectivity index (χ0n) is 30.8. The quantitative estimate of drug-likeness (QED) is 0.208. The molecule has 7 rings (SSSR count). The van der Waals surface area contributed by atoms with Gasteiger partial charge in [-0.15, -0.1) is 0 Å². The number of hydrogen-bond donors (Lipinski definition) is 4. The molecule has 52 heavy (non-hydrogen) atoms. The number of ketones is 1. The molecule has 3 heterocycles. The highest BCUT2D eigenvalue weighted by Gasteiger charge is 2.69. The summed E-state index contributed by atoms with van der Waals surface area (Å²) in [4.78, 5) is 39.3. The van der Waals surface area contributed by atoms with Crippen molar-refractivity contribution in [3.05, 3.63) is 11.6 Å². The lowest BCUT2D eigenvalue weighted by molar-refractivity contribution is -0.347. The van der Waals surface area contributed by atoms with Crippen molar-refractivity contribution in [2.24, 2.45) is 34.0 Å². The van der Waals surface area contributed by atoms with Crippen molar-refractivity contribution in [3.63, 3.8) is 0 Å². The molecule has 4 saturated carbocycles. The van der Waals surface area contributed by atoms with Gasteiger partial charge >= 0.3 is 11.9 Å². The third kappa shape index (κ3) is 6.18. The molecule has 14 heteroatoms. The second-order valence-electron chi connectivity index (χ2n) is 16.9. The van der Waals surface area contributed by atoms with E-state index in [9.17, 15) is 34.8 Å². The summed E-state index contributed by atoms with van der Waals surface area (Å²) in [7, 11) is 1.52. The number of hydrogen-bond acceptors (Lipinski definition) is 14. The average Bonchev–Trinajstić information content (AvgIpc) is 3.53. The van der Waals surface area contributed by atoms with E-state index in [0.717, 1.165) is 50.5 Å². The number of Topliss-reactive ketones (excluding diaryl/α,β-unsaturated/α-hetero) is 1. The predicted molar refractivity (Wildman–Crippen MR) is 179 cm³/mol. The molecular weight excluding hydrogens is 680 g/mol. The van der Waals surface area contributed by atoms with Gasteiger partial charge in [0, 0.05) is 43.3 Å². The number of esters is 2. The maximum Gasteiger partial charge on any atom is 0.331 e. The fourth-order valence-electron chi connectivity index (χ4n) is 11.8. The van der Waals surface area contributed by atoms with Crippen LogP contribution in [0.1, 0.15) is 85.5 Å². The minimum atomic E-state index is -1.58. The van der Waals surface area contributed by atoms with E-state index in [0.29, 0.717) is 12.2 Å². The van der Waals surface area contributed by atoms with Crippen molar-refractivity contribution >= 4 is 17.7 Å². The van der Waals surface area contributed by atoms with Gasteiger partial charge < -0.3 is 53.6 Å². The first kappa shape index (κ1) is 38.3. The molecule has 0 aromatic rings. The first-order valence-corrected chi connectivity index (χ1v) is 19.1. The van der Waals surface area contributed by atoms with Crippen LogP contribution in [0.4, 0.5) is 0 Å². The maximum atomic E-state index is 14.7. The minimum Gasteiger partial charge on any atom is -0.459 e. The molecule has 6 fully saturated rings. The molecule has 0 aromatic heterocycles. The van der Waals surface area contributed by atoms with Crippen LogP contribution in [-0.2, 0) is 47.5 Å². The van der Waals surface area contributed by atoms with E-state index in [1.54, 1.807) is 13.0 Å². The van der Waals surface area contributed by atoms with Crippen LogP contribution in [0.2, 0.25) is 0 Å². The SMILES string of the molecule is CO[C@@H]1C[C@H](O[C@H]2CC[C@@]3(C)[C@@H](CC[C@@]45CC[C@H](C6=CC(=O)OC6)[C@@](C)(CC[C@@H]43)C5=O)[C@H]2OC(C)=O)O[C@@H](C)[C@@H]1O[C@@H]1O[C@H](CO)[C@@H](O)[C@H](O)[C@H]1O. The Bertz CT molecular complexity index is 1420. The number of carbonyl (C=O) groups excluding carboxylic acids is 3. The molecule has 0 unspecified atom stereocenters. The molecule has 7 aliphatic rings. The van der Waals surface area contributed by atoms with Gasteiger partial charge in [0.15, 0.2) is 12.6 Å². The second kappa shape index (κ2) is 14.2. The first-order valence-electron chi connectivity index (χ1n) is 19.1. The predicted octanol–water partition coefficient (Wildman–Crippen LogP) is 1.71. The number of aliphatic hydroxyl groups is 4. The molecular formula is C38H56O14. The van der Waals surface area contributed by atoms with Crippen LogP contribution in [-0.4, -0.2) is 126 Å². The Morgan fingerprint density at radius 2 is 1.67 bits per heavy atom. The van der Waals surface area contributed by atoms with Crippen molar-refractivity contribution in [2.75, 3.05) is 20.3 Å². The lowest BCUT2D eigenvalue weighted by Crippen LogP contribution is -2.67. The van der Waals surface area contributed by atoms with E-state index in [1.807, 2.05) is 0 Å². The van der Waals surface area contributed by atoms with E-state index < -0.39 is 90.9 Å². The fraction of sp³-hybridized carbons (Fsp3) is 0.868. The monoisotopic (exact) mass is 736 g/mol. The molecule has 1 spiro atoms. The van der Waals surface area contributed by atoms with E-state index >= 15 is 0 Å². The van der Waals surface area contributed by atoms with Crippen LogP contribution < -0.4 is 0 Å². The highest BCUT2D eigenvalue weighted by molar-refractivity contribution is 5.94. The summed E-state index contributed by atoms with van der Waals surface area (Å²) in [6, 6.07) is 0. The average molecular weight is 737 g/mol. The Hall–Kier alpha value is -2.01. The van der Waals surface area contributed by atoms with Crippen LogP contribution in [0.25, 0.3) is 0 Å². The Morgan fingerprint density at radius 3 is 2.35 bits per heavy atom. The standard InChI is InChI=1S/C38H56O14/c1-18-32(52-34-31(44)30(43)29(42)25(16-39)51-34)24(46-5)15-28(48-18)50-23-8-10-36(3)22(33(23)49-19(2)40)7-13-38-12-6-21(20-14-27(41)47-17-20)37(4,35(38)45)11-9-26(36)38/h14,18,21-26,28-34,39,42-44H,6-13,15-17H2,1-5H3/t18-,21+,22-,23-,24+,25+,26+,28-,29+,30-,31+,32-,33+,34-,36-,37+,38-/m0/s1. The topological polar surface area (TPSA) is 197 Å². The zero-order valence-corrected chi connectivity index (χ0v) is 30.8. The van der Waals surface area contributed by atoms with Crippen molar-refractivity contribution < 1.29 is 68.0 Å². The molecule has 4 N–H and O–H groups in total. The maximum absolute atomic E-state index is 14.7. The van der Waals surface area contributed by atoms with Crippen LogP contribution in [0.15, 0.2) is 11.6 Å². The van der Waals surface area contributed by atoms with Crippen molar-refractivity contribution in [1.29, 1.82) is 0 Å². The molecule has 2 bridgehead atoms. The number of fused-ring (bicyclic) bond motifs is 3. The van der Waals surface area contributed by atoms with Gasteiger partial charge in [0.25, 0.3) is 0 Å². The molecule has 14 nitrogen and oxygen atoms in total. The summed E-state index contributed by atoms with van der Waals surface area (Å²) in [5, 5.41) is 40.6. The van der Waals surface area contributed by atoms with Gasteiger partial charge in [0.1, 0.15) is 49.0 Å². The third-order valence-corrected chi connectivity index (χ3v) is 14.3.